The summed E-state index contributed by atoms with van der Waals surface area (Å²) in [7, 11) is -1.61. The predicted molar refractivity (Wildman–Crippen MR) is 95.4 cm³/mol. The first kappa shape index (κ1) is 19.6. The smallest absolute Gasteiger partial charge is 0.373 e. The van der Waals surface area contributed by atoms with E-state index in [2.05, 4.69) is 19.7 Å². The Morgan fingerprint density at radius 3 is 2.30 bits per heavy atom. The number of hydrogen-bond donors (Lipinski definition) is 0. The highest BCUT2D eigenvalue weighted by Gasteiger charge is 2.20. The fourth-order valence-electron chi connectivity index (χ4n) is 1.72. The molecule has 1 unspecified atom stereocenters. The minimum absolute atomic E-state index is 0.251. The minimum Gasteiger partial charge on any atom is -0.373 e. The number of rotatable bonds is 7. The Bertz CT molecular complexity index is 529. The van der Waals surface area contributed by atoms with Crippen LogP contribution in [0.1, 0.15) is 38.1 Å². The maximum atomic E-state index is 12.0. The fraction of sp³-hybridized carbons (Fsp3) is 0.500. The molecule has 0 saturated carbocycles. The molecule has 0 aliphatic heterocycles. The molecule has 1 aromatic rings. The number of carbonyl (C=O) groups is 1. The zero-order valence-electron chi connectivity index (χ0n) is 15.0. The first-order chi connectivity index (χ1) is 10.5. The van der Waals surface area contributed by atoms with Crippen LogP contribution in [0.2, 0.25) is 13.1 Å². The van der Waals surface area contributed by atoms with Crippen molar-refractivity contribution in [1.82, 2.24) is 0 Å². The van der Waals surface area contributed by atoms with E-state index in [1.807, 2.05) is 38.6 Å². The van der Waals surface area contributed by atoms with E-state index in [1.165, 1.54) is 5.19 Å². The number of hydrogen-bond acceptors (Lipinski definition) is 4. The zero-order chi connectivity index (χ0) is 17.7. The molecular formula is C18H28O4Si. The van der Waals surface area contributed by atoms with E-state index in [1.54, 1.807) is 19.1 Å². The molecule has 128 valence electrons. The predicted octanol–water partition coefficient (Wildman–Crippen LogP) is 3.62. The zero-order valence-corrected chi connectivity index (χ0v) is 16.0. The Labute approximate surface area is 140 Å². The van der Waals surface area contributed by atoms with Gasteiger partial charge in [-0.2, -0.15) is 4.89 Å². The molecule has 23 heavy (non-hydrogen) atoms. The third-order valence-corrected chi connectivity index (χ3v) is 6.26. The summed E-state index contributed by atoms with van der Waals surface area (Å²) in [6.07, 6.45) is -0.329. The van der Waals surface area contributed by atoms with E-state index in [-0.39, 0.29) is 11.7 Å². The van der Waals surface area contributed by atoms with Gasteiger partial charge in [-0.25, -0.2) is 4.79 Å². The van der Waals surface area contributed by atoms with Crippen molar-refractivity contribution in [2.45, 2.75) is 52.5 Å². The molecule has 0 radical (unpaired) electrons. The summed E-state index contributed by atoms with van der Waals surface area (Å²) >= 11 is 0. The van der Waals surface area contributed by atoms with Gasteiger partial charge in [-0.05, 0) is 39.8 Å². The van der Waals surface area contributed by atoms with Gasteiger partial charge in [0.2, 0.25) is 0 Å². The quantitative estimate of drug-likeness (QED) is 0.433. The van der Waals surface area contributed by atoms with Crippen LogP contribution in [0.4, 0.5) is 0 Å². The molecule has 0 spiro atoms. The van der Waals surface area contributed by atoms with Crippen molar-refractivity contribution < 1.29 is 19.3 Å². The topological polar surface area (TPSA) is 44.8 Å². The lowest BCUT2D eigenvalue weighted by atomic mass is 10.2. The average molecular weight is 337 g/mol. The Morgan fingerprint density at radius 2 is 1.83 bits per heavy atom. The number of ether oxygens (including phenoxy) is 1. The van der Waals surface area contributed by atoms with Gasteiger partial charge in [-0.3, -0.25) is 4.89 Å². The molecule has 1 atom stereocenters. The third kappa shape index (κ3) is 6.68. The van der Waals surface area contributed by atoms with Crippen molar-refractivity contribution in [1.29, 1.82) is 0 Å². The normalized spacial score (nSPS) is 13.5. The molecular weight excluding hydrogens is 308 g/mol. The van der Waals surface area contributed by atoms with Crippen molar-refractivity contribution in [2.24, 2.45) is 0 Å². The molecule has 0 aliphatic rings. The Balaban J connectivity index is 2.54. The molecule has 0 amide bonds. The fourth-order valence-corrected chi connectivity index (χ4v) is 2.98. The van der Waals surface area contributed by atoms with Crippen LogP contribution < -0.4 is 5.19 Å². The molecule has 0 N–H and O–H groups in total. The second-order valence-electron chi connectivity index (χ2n) is 7.20. The van der Waals surface area contributed by atoms with Gasteiger partial charge in [0.15, 0.2) is 0 Å². The van der Waals surface area contributed by atoms with Gasteiger partial charge in [0.05, 0.1) is 17.8 Å². The molecule has 0 heterocycles. The van der Waals surface area contributed by atoms with Crippen molar-refractivity contribution in [3.8, 4) is 0 Å². The Morgan fingerprint density at radius 1 is 1.26 bits per heavy atom. The van der Waals surface area contributed by atoms with E-state index in [0.29, 0.717) is 12.2 Å². The van der Waals surface area contributed by atoms with Crippen molar-refractivity contribution in [3.05, 3.63) is 42.1 Å². The monoisotopic (exact) mass is 336 g/mol. The van der Waals surface area contributed by atoms with Crippen LogP contribution in [0.15, 0.2) is 36.5 Å². The van der Waals surface area contributed by atoms with Crippen LogP contribution in [-0.2, 0) is 14.5 Å². The molecule has 0 bridgehead atoms. The van der Waals surface area contributed by atoms with Gasteiger partial charge >= 0.3 is 5.97 Å². The van der Waals surface area contributed by atoms with E-state index in [9.17, 15) is 4.79 Å². The number of benzene rings is 1. The van der Waals surface area contributed by atoms with Crippen LogP contribution in [0.5, 0.6) is 0 Å². The maximum absolute atomic E-state index is 12.0. The molecule has 0 aliphatic carbocycles. The lowest BCUT2D eigenvalue weighted by Crippen LogP contribution is -2.39. The summed E-state index contributed by atoms with van der Waals surface area (Å²) in [5.41, 5.74) is 2.23. The summed E-state index contributed by atoms with van der Waals surface area (Å²) in [5.74, 6) is -0.503. The van der Waals surface area contributed by atoms with E-state index in [0.717, 1.165) is 0 Å². The van der Waals surface area contributed by atoms with E-state index < -0.39 is 14.0 Å². The summed E-state index contributed by atoms with van der Waals surface area (Å²) in [6.45, 7) is 16.3. The van der Waals surface area contributed by atoms with Gasteiger partial charge < -0.3 is 4.74 Å². The van der Waals surface area contributed by atoms with Crippen LogP contribution in [-0.4, -0.2) is 32.4 Å². The molecule has 1 rings (SSSR count). The minimum atomic E-state index is -1.61. The van der Waals surface area contributed by atoms with Gasteiger partial charge in [-0.1, -0.05) is 36.1 Å². The van der Waals surface area contributed by atoms with Crippen molar-refractivity contribution in [2.75, 3.05) is 6.61 Å². The standard InChI is InChI=1S/C18H28O4Si/c1-8-23(6,7)16-11-9-15(10-12-16)17(19)22-21-14(2)13-20-18(3,4)5/h8-12,14H,1,13H2,2-7H3. The average Bonchev–Trinajstić information content (AvgIpc) is 2.50. The Kier molecular flexibility index (Phi) is 6.74. The van der Waals surface area contributed by atoms with E-state index in [4.69, 9.17) is 14.5 Å². The number of carbonyl (C=O) groups excluding carboxylic acids is 1. The van der Waals surface area contributed by atoms with Crippen LogP contribution in [0, 0.1) is 0 Å². The van der Waals surface area contributed by atoms with Crippen LogP contribution in [0.3, 0.4) is 0 Å². The van der Waals surface area contributed by atoms with E-state index >= 15 is 0 Å². The van der Waals surface area contributed by atoms with Gasteiger partial charge in [0, 0.05) is 0 Å². The van der Waals surface area contributed by atoms with Gasteiger partial charge in [0.1, 0.15) is 14.2 Å². The molecule has 1 aromatic carbocycles. The molecule has 0 saturated heterocycles. The summed E-state index contributed by atoms with van der Waals surface area (Å²) in [5, 5.41) is 1.22. The highest BCUT2D eigenvalue weighted by atomic mass is 28.3. The van der Waals surface area contributed by atoms with Crippen molar-refractivity contribution in [3.63, 3.8) is 0 Å². The first-order valence-corrected chi connectivity index (χ1v) is 10.9. The van der Waals surface area contributed by atoms with Crippen molar-refractivity contribution >= 4 is 19.2 Å². The summed E-state index contributed by atoms with van der Waals surface area (Å²) in [6, 6.07) is 7.43. The third-order valence-electron chi connectivity index (χ3n) is 3.41. The second-order valence-corrected chi connectivity index (χ2v) is 11.6. The Hall–Kier alpha value is -1.43. The van der Waals surface area contributed by atoms with Crippen LogP contribution in [0.25, 0.3) is 0 Å². The molecule has 4 nitrogen and oxygen atoms in total. The lowest BCUT2D eigenvalue weighted by molar-refractivity contribution is -0.282. The molecule has 5 heteroatoms. The second kappa shape index (κ2) is 7.90. The molecule has 0 fully saturated rings. The van der Waals surface area contributed by atoms with Gasteiger partial charge in [0.25, 0.3) is 0 Å². The highest BCUT2D eigenvalue weighted by Crippen LogP contribution is 2.10. The maximum Gasteiger partial charge on any atom is 0.373 e. The highest BCUT2D eigenvalue weighted by molar-refractivity contribution is 6.93. The van der Waals surface area contributed by atoms with Crippen LogP contribution >= 0.6 is 0 Å². The first-order valence-electron chi connectivity index (χ1n) is 7.81. The van der Waals surface area contributed by atoms with Gasteiger partial charge in [-0.15, -0.1) is 6.58 Å². The molecule has 0 aromatic heterocycles. The lowest BCUT2D eigenvalue weighted by Gasteiger charge is -2.21. The largest absolute Gasteiger partial charge is 0.373 e. The SMILES string of the molecule is C=C[Si](C)(C)c1ccc(C(=O)OOC(C)COC(C)(C)C)cc1. The summed E-state index contributed by atoms with van der Waals surface area (Å²) < 4.78 is 5.57. The summed E-state index contributed by atoms with van der Waals surface area (Å²) in [4.78, 5) is 22.0.